The first-order chi connectivity index (χ1) is 16.9. The van der Waals surface area contributed by atoms with Crippen LogP contribution in [0.4, 0.5) is 5.82 Å². The number of nitrogen functional groups attached to an aromatic ring is 1. The highest BCUT2D eigenvalue weighted by atomic mass is 16.2. The number of aromatic nitrogens is 6. The van der Waals surface area contributed by atoms with Crippen molar-refractivity contribution in [1.29, 1.82) is 0 Å². The minimum atomic E-state index is -0.0798. The van der Waals surface area contributed by atoms with Gasteiger partial charge < -0.3 is 10.6 Å². The van der Waals surface area contributed by atoms with Crippen LogP contribution in [0.3, 0.4) is 0 Å². The highest BCUT2D eigenvalue weighted by Crippen LogP contribution is 2.28. The number of amides is 1. The summed E-state index contributed by atoms with van der Waals surface area (Å²) in [5.41, 5.74) is 10.7. The topological polar surface area (TPSA) is 108 Å². The minimum Gasteiger partial charge on any atom is -0.383 e. The average molecular weight is 465 g/mol. The Balaban J connectivity index is 1.38. The van der Waals surface area contributed by atoms with Gasteiger partial charge in [-0.1, -0.05) is 11.8 Å². The van der Waals surface area contributed by atoms with Crippen molar-refractivity contribution in [2.24, 2.45) is 14.1 Å². The number of nitrogens with zero attached hydrogens (tertiary/aromatic N) is 7. The van der Waals surface area contributed by atoms with Crippen LogP contribution in [-0.4, -0.2) is 46.9 Å². The Labute approximate surface area is 202 Å². The first-order valence-corrected chi connectivity index (χ1v) is 11.2. The maximum atomic E-state index is 13.4. The van der Waals surface area contributed by atoms with Gasteiger partial charge in [-0.15, -0.1) is 0 Å². The van der Waals surface area contributed by atoms with Crippen molar-refractivity contribution < 1.29 is 4.79 Å². The molecular formula is C26H24N8O. The van der Waals surface area contributed by atoms with E-state index in [-0.39, 0.29) is 5.91 Å². The van der Waals surface area contributed by atoms with Crippen molar-refractivity contribution in [3.05, 3.63) is 77.5 Å². The normalized spacial score (nSPS) is 10.9. The van der Waals surface area contributed by atoms with E-state index in [2.05, 4.69) is 32.0 Å². The molecule has 0 spiro atoms. The highest BCUT2D eigenvalue weighted by Gasteiger charge is 2.18. The van der Waals surface area contributed by atoms with Gasteiger partial charge in [0.2, 0.25) is 0 Å². The molecule has 2 N–H and O–H groups in total. The Morgan fingerprint density at radius 3 is 2.57 bits per heavy atom. The third-order valence-corrected chi connectivity index (χ3v) is 5.86. The third-order valence-electron chi connectivity index (χ3n) is 5.86. The van der Waals surface area contributed by atoms with E-state index in [0.29, 0.717) is 24.5 Å². The smallest absolute Gasteiger partial charge is 0.254 e. The van der Waals surface area contributed by atoms with E-state index in [9.17, 15) is 4.79 Å². The van der Waals surface area contributed by atoms with Crippen LogP contribution in [0.15, 0.2) is 55.1 Å². The summed E-state index contributed by atoms with van der Waals surface area (Å²) in [7, 11) is 3.71. The molecule has 5 rings (SSSR count). The van der Waals surface area contributed by atoms with Crippen molar-refractivity contribution in [2.75, 3.05) is 12.3 Å². The van der Waals surface area contributed by atoms with Gasteiger partial charge in [-0.2, -0.15) is 10.2 Å². The molecule has 0 bridgehead atoms. The lowest BCUT2D eigenvalue weighted by molar-refractivity contribution is 0.0751. The molecule has 0 aliphatic heterocycles. The van der Waals surface area contributed by atoms with Crippen LogP contribution in [0.1, 0.15) is 34.1 Å². The van der Waals surface area contributed by atoms with Crippen LogP contribution in [-0.2, 0) is 20.6 Å². The number of hydrogen-bond acceptors (Lipinski definition) is 6. The van der Waals surface area contributed by atoms with E-state index >= 15 is 0 Å². The molecule has 0 saturated heterocycles. The van der Waals surface area contributed by atoms with Crippen LogP contribution >= 0.6 is 0 Å². The van der Waals surface area contributed by atoms with Crippen LogP contribution in [0.2, 0.25) is 0 Å². The molecule has 35 heavy (non-hydrogen) atoms. The summed E-state index contributed by atoms with van der Waals surface area (Å²) in [5.74, 6) is 6.50. The first-order valence-electron chi connectivity index (χ1n) is 11.2. The number of carbonyl (C=O) groups is 1. The van der Waals surface area contributed by atoms with E-state index in [0.717, 1.165) is 38.6 Å². The molecule has 4 aromatic heterocycles. The van der Waals surface area contributed by atoms with Crippen molar-refractivity contribution in [2.45, 2.75) is 13.5 Å². The Morgan fingerprint density at radius 2 is 1.86 bits per heavy atom. The zero-order chi connectivity index (χ0) is 24.5. The molecule has 0 fully saturated rings. The van der Waals surface area contributed by atoms with E-state index < -0.39 is 0 Å². The van der Waals surface area contributed by atoms with Crippen molar-refractivity contribution in [3.8, 4) is 11.8 Å². The average Bonchev–Trinajstić information content (AvgIpc) is 3.47. The number of carbonyl (C=O) groups excluding carboxylic acids is 1. The number of nitrogens with two attached hydrogens (primary N) is 1. The lowest BCUT2D eigenvalue weighted by Crippen LogP contribution is -2.30. The molecule has 0 radical (unpaired) electrons. The van der Waals surface area contributed by atoms with E-state index in [4.69, 9.17) is 5.73 Å². The molecule has 4 heterocycles. The molecule has 5 aromatic rings. The molecule has 0 atom stereocenters. The number of hydrogen-bond donors (Lipinski definition) is 1. The third kappa shape index (κ3) is 4.29. The second-order valence-electron chi connectivity index (χ2n) is 8.27. The number of aryl methyl sites for hydroxylation is 2. The van der Waals surface area contributed by atoms with Crippen LogP contribution in [0.25, 0.3) is 21.8 Å². The fraction of sp³-hybridized carbons (Fsp3) is 0.192. The van der Waals surface area contributed by atoms with Crippen LogP contribution < -0.4 is 5.73 Å². The first kappa shape index (κ1) is 22.1. The summed E-state index contributed by atoms with van der Waals surface area (Å²) in [6, 6.07) is 9.28. The fourth-order valence-electron chi connectivity index (χ4n) is 4.02. The van der Waals surface area contributed by atoms with Crippen LogP contribution in [0.5, 0.6) is 0 Å². The van der Waals surface area contributed by atoms with Gasteiger partial charge in [-0.05, 0) is 37.3 Å². The minimum absolute atomic E-state index is 0.0798. The Bertz CT molecular complexity index is 1620. The van der Waals surface area contributed by atoms with E-state index in [1.165, 1.54) is 0 Å². The maximum Gasteiger partial charge on any atom is 0.254 e. The van der Waals surface area contributed by atoms with Crippen molar-refractivity contribution in [3.63, 3.8) is 0 Å². The van der Waals surface area contributed by atoms with Gasteiger partial charge in [0.15, 0.2) is 0 Å². The van der Waals surface area contributed by atoms with Gasteiger partial charge in [0.05, 0.1) is 46.6 Å². The predicted molar refractivity (Wildman–Crippen MR) is 134 cm³/mol. The lowest BCUT2D eigenvalue weighted by Gasteiger charge is -2.21. The Kier molecular flexibility index (Phi) is 5.63. The highest BCUT2D eigenvalue weighted by molar-refractivity contribution is 6.10. The molecule has 0 unspecified atom stereocenters. The molecular weight excluding hydrogens is 440 g/mol. The molecule has 0 aliphatic rings. The van der Waals surface area contributed by atoms with E-state index in [1.807, 2.05) is 51.5 Å². The SMILES string of the molecule is CCN(Cc1ccc(C#Cc2cnn(C)c2)cn1)C(=O)c1ccc2nc(N)c3cnn(C)c3c2c1. The second kappa shape index (κ2) is 8.91. The van der Waals surface area contributed by atoms with Gasteiger partial charge in [0.25, 0.3) is 5.91 Å². The maximum absolute atomic E-state index is 13.4. The number of rotatable bonds is 4. The summed E-state index contributed by atoms with van der Waals surface area (Å²) < 4.78 is 3.47. The Morgan fingerprint density at radius 1 is 1.03 bits per heavy atom. The molecule has 1 aromatic carbocycles. The zero-order valence-electron chi connectivity index (χ0n) is 19.7. The number of fused-ring (bicyclic) bond motifs is 3. The van der Waals surface area contributed by atoms with Crippen LogP contribution in [0, 0.1) is 11.8 Å². The standard InChI is InChI=1S/C26H24N8O/c1-4-34(16-20-9-7-17(12-28-20)5-6-18-13-29-32(2)15-18)26(35)19-8-10-23-21(11-19)24-22(25(27)31-23)14-30-33(24)3/h7-15H,4,16H2,1-3H3,(H2,27,31). The summed E-state index contributed by atoms with van der Waals surface area (Å²) in [6.07, 6.45) is 7.00. The van der Waals surface area contributed by atoms with E-state index in [1.54, 1.807) is 38.9 Å². The second-order valence-corrected chi connectivity index (χ2v) is 8.27. The molecule has 9 heteroatoms. The summed E-state index contributed by atoms with van der Waals surface area (Å²) in [5, 5.41) is 10.0. The van der Waals surface area contributed by atoms with Gasteiger partial charge in [-0.3, -0.25) is 19.1 Å². The number of benzene rings is 1. The summed E-state index contributed by atoms with van der Waals surface area (Å²) in [4.78, 5) is 24.1. The molecule has 0 saturated carbocycles. The number of anilines is 1. The fourth-order valence-corrected chi connectivity index (χ4v) is 4.02. The quantitative estimate of drug-likeness (QED) is 0.410. The van der Waals surface area contributed by atoms with Gasteiger partial charge in [0, 0.05) is 49.5 Å². The molecule has 174 valence electrons. The predicted octanol–water partition coefficient (Wildman–Crippen LogP) is 2.89. The Hall–Kier alpha value is -4.71. The molecule has 0 aliphatic carbocycles. The lowest BCUT2D eigenvalue weighted by atomic mass is 10.1. The summed E-state index contributed by atoms with van der Waals surface area (Å²) >= 11 is 0. The number of pyridine rings is 2. The van der Waals surface area contributed by atoms with Gasteiger partial charge in [-0.25, -0.2) is 4.98 Å². The van der Waals surface area contributed by atoms with Gasteiger partial charge >= 0.3 is 0 Å². The molecule has 9 nitrogen and oxygen atoms in total. The molecule has 1 amide bonds. The largest absolute Gasteiger partial charge is 0.383 e. The monoisotopic (exact) mass is 464 g/mol. The van der Waals surface area contributed by atoms with Crippen molar-refractivity contribution >= 4 is 33.5 Å². The zero-order valence-corrected chi connectivity index (χ0v) is 19.7. The van der Waals surface area contributed by atoms with Gasteiger partial charge in [0.1, 0.15) is 5.82 Å². The van der Waals surface area contributed by atoms with Crippen molar-refractivity contribution in [1.82, 2.24) is 34.4 Å². The summed E-state index contributed by atoms with van der Waals surface area (Å²) in [6.45, 7) is 2.89.